The average molecular weight is 194 g/mol. The number of hydrogen-bond donors (Lipinski definition) is 0. The first-order chi connectivity index (χ1) is 5.48. The SMILES string of the molecule is CCOP(C)(=O)CCOC(C)=O. The van der Waals surface area contributed by atoms with Crippen LogP contribution in [0.5, 0.6) is 0 Å². The van der Waals surface area contributed by atoms with Gasteiger partial charge in [-0.25, -0.2) is 0 Å². The first-order valence-electron chi connectivity index (χ1n) is 3.82. The van der Waals surface area contributed by atoms with Gasteiger partial charge >= 0.3 is 5.97 Å². The maximum Gasteiger partial charge on any atom is 0.302 e. The summed E-state index contributed by atoms with van der Waals surface area (Å²) in [6.07, 6.45) is 0.292. The standard InChI is InChI=1S/C7H15O4P/c1-4-11-12(3,9)6-5-10-7(2)8/h4-6H2,1-3H3. The summed E-state index contributed by atoms with van der Waals surface area (Å²) in [5.74, 6) is -0.355. The molecule has 4 nitrogen and oxygen atoms in total. The third kappa shape index (κ3) is 6.38. The summed E-state index contributed by atoms with van der Waals surface area (Å²) in [6.45, 7) is 5.24. The van der Waals surface area contributed by atoms with E-state index in [1.54, 1.807) is 13.6 Å². The van der Waals surface area contributed by atoms with Gasteiger partial charge in [-0.3, -0.25) is 9.36 Å². The molecule has 0 aliphatic rings. The van der Waals surface area contributed by atoms with E-state index in [2.05, 4.69) is 4.74 Å². The molecule has 0 rings (SSSR count). The lowest BCUT2D eigenvalue weighted by atomic mass is 10.8. The Morgan fingerprint density at radius 1 is 1.50 bits per heavy atom. The molecule has 12 heavy (non-hydrogen) atoms. The van der Waals surface area contributed by atoms with Crippen LogP contribution in [0.25, 0.3) is 0 Å². The summed E-state index contributed by atoms with van der Waals surface area (Å²) < 4.78 is 21.0. The van der Waals surface area contributed by atoms with Crippen LogP contribution < -0.4 is 0 Å². The molecule has 0 aromatic carbocycles. The number of hydrogen-bond acceptors (Lipinski definition) is 4. The minimum absolute atomic E-state index is 0.170. The topological polar surface area (TPSA) is 52.6 Å². The van der Waals surface area contributed by atoms with Crippen LogP contribution >= 0.6 is 7.37 Å². The van der Waals surface area contributed by atoms with Crippen LogP contribution in [0.1, 0.15) is 13.8 Å². The largest absolute Gasteiger partial charge is 0.465 e. The van der Waals surface area contributed by atoms with Crippen molar-refractivity contribution in [2.75, 3.05) is 26.0 Å². The quantitative estimate of drug-likeness (QED) is 0.491. The van der Waals surface area contributed by atoms with Crippen molar-refractivity contribution in [1.29, 1.82) is 0 Å². The summed E-state index contributed by atoms with van der Waals surface area (Å²) in [4.78, 5) is 10.3. The second kappa shape index (κ2) is 5.33. The van der Waals surface area contributed by atoms with E-state index in [4.69, 9.17) is 4.52 Å². The van der Waals surface area contributed by atoms with Crippen molar-refractivity contribution in [3.8, 4) is 0 Å². The van der Waals surface area contributed by atoms with Gasteiger partial charge in [0.25, 0.3) is 0 Å². The predicted molar refractivity (Wildman–Crippen MR) is 46.7 cm³/mol. The van der Waals surface area contributed by atoms with Crippen LogP contribution in [0.3, 0.4) is 0 Å². The van der Waals surface area contributed by atoms with E-state index in [9.17, 15) is 9.36 Å². The molecule has 0 radical (unpaired) electrons. The lowest BCUT2D eigenvalue weighted by Gasteiger charge is -2.11. The van der Waals surface area contributed by atoms with Crippen molar-refractivity contribution in [2.24, 2.45) is 0 Å². The summed E-state index contributed by atoms with van der Waals surface area (Å²) >= 11 is 0. The molecule has 5 heteroatoms. The monoisotopic (exact) mass is 194 g/mol. The lowest BCUT2D eigenvalue weighted by molar-refractivity contribution is -0.140. The van der Waals surface area contributed by atoms with Crippen molar-refractivity contribution in [1.82, 2.24) is 0 Å². The molecule has 0 saturated heterocycles. The van der Waals surface area contributed by atoms with E-state index >= 15 is 0 Å². The van der Waals surface area contributed by atoms with Gasteiger partial charge in [0.15, 0.2) is 0 Å². The molecule has 0 heterocycles. The smallest absolute Gasteiger partial charge is 0.302 e. The normalized spacial score (nSPS) is 15.2. The van der Waals surface area contributed by atoms with Crippen molar-refractivity contribution in [3.05, 3.63) is 0 Å². The van der Waals surface area contributed by atoms with Gasteiger partial charge in [-0.2, -0.15) is 0 Å². The Morgan fingerprint density at radius 2 is 2.08 bits per heavy atom. The molecule has 0 N–H and O–H groups in total. The molecule has 0 amide bonds. The zero-order valence-corrected chi connectivity index (χ0v) is 8.60. The number of esters is 1. The lowest BCUT2D eigenvalue weighted by Crippen LogP contribution is -2.06. The van der Waals surface area contributed by atoms with Crippen molar-refractivity contribution in [3.63, 3.8) is 0 Å². The van der Waals surface area contributed by atoms with Gasteiger partial charge in [0.05, 0.1) is 12.8 Å². The van der Waals surface area contributed by atoms with E-state index in [0.29, 0.717) is 12.8 Å². The molecular weight excluding hydrogens is 179 g/mol. The highest BCUT2D eigenvalue weighted by Gasteiger charge is 2.14. The molecule has 0 aromatic heterocycles. The molecule has 0 aliphatic carbocycles. The minimum Gasteiger partial charge on any atom is -0.465 e. The van der Waals surface area contributed by atoms with Gasteiger partial charge in [0, 0.05) is 13.6 Å². The zero-order valence-electron chi connectivity index (χ0n) is 7.70. The van der Waals surface area contributed by atoms with Crippen LogP contribution in [0.2, 0.25) is 0 Å². The maximum absolute atomic E-state index is 11.4. The predicted octanol–water partition coefficient (Wildman–Crippen LogP) is 1.49. The summed E-state index contributed by atoms with van der Waals surface area (Å²) in [7, 11) is -2.53. The number of carbonyl (C=O) groups excluding carboxylic acids is 1. The molecule has 0 fully saturated rings. The van der Waals surface area contributed by atoms with Gasteiger partial charge in [0.1, 0.15) is 6.61 Å². The molecule has 0 aromatic rings. The average Bonchev–Trinajstić information content (AvgIpc) is 1.85. The fraction of sp³-hybridized carbons (Fsp3) is 0.857. The fourth-order valence-electron chi connectivity index (χ4n) is 0.693. The highest BCUT2D eigenvalue weighted by atomic mass is 31.2. The van der Waals surface area contributed by atoms with Crippen LogP contribution in [0.15, 0.2) is 0 Å². The Balaban J connectivity index is 3.61. The van der Waals surface area contributed by atoms with Crippen LogP contribution in [-0.2, 0) is 18.6 Å². The molecular formula is C7H15O4P. The minimum atomic E-state index is -2.53. The second-order valence-electron chi connectivity index (χ2n) is 2.50. The van der Waals surface area contributed by atoms with Gasteiger partial charge in [0.2, 0.25) is 7.37 Å². The molecule has 0 bridgehead atoms. The van der Waals surface area contributed by atoms with Crippen LogP contribution in [0, 0.1) is 0 Å². The zero-order chi connectivity index (χ0) is 9.61. The summed E-state index contributed by atoms with van der Waals surface area (Å²) in [6, 6.07) is 0. The molecule has 0 aliphatic heterocycles. The van der Waals surface area contributed by atoms with E-state index in [1.165, 1.54) is 6.92 Å². The van der Waals surface area contributed by atoms with Gasteiger partial charge in [-0.1, -0.05) is 0 Å². The van der Waals surface area contributed by atoms with Crippen molar-refractivity contribution >= 4 is 13.3 Å². The first kappa shape index (κ1) is 11.7. The number of carbonyl (C=O) groups is 1. The van der Waals surface area contributed by atoms with E-state index < -0.39 is 7.37 Å². The number of ether oxygens (including phenoxy) is 1. The Hall–Kier alpha value is -0.340. The van der Waals surface area contributed by atoms with Gasteiger partial charge < -0.3 is 9.26 Å². The first-order valence-corrected chi connectivity index (χ1v) is 6.08. The Bertz CT molecular complexity index is 190. The van der Waals surface area contributed by atoms with Gasteiger partial charge in [-0.05, 0) is 6.92 Å². The van der Waals surface area contributed by atoms with Crippen molar-refractivity contribution in [2.45, 2.75) is 13.8 Å². The summed E-state index contributed by atoms with van der Waals surface area (Å²) in [5.41, 5.74) is 0. The van der Waals surface area contributed by atoms with Crippen LogP contribution in [-0.4, -0.2) is 32.0 Å². The molecule has 72 valence electrons. The second-order valence-corrected chi connectivity index (χ2v) is 5.23. The van der Waals surface area contributed by atoms with E-state index in [1.807, 2.05) is 0 Å². The Kier molecular flexibility index (Phi) is 5.18. The van der Waals surface area contributed by atoms with Crippen molar-refractivity contribution < 1.29 is 18.6 Å². The van der Waals surface area contributed by atoms with Crippen LogP contribution in [0.4, 0.5) is 0 Å². The number of rotatable bonds is 5. The third-order valence-corrected chi connectivity index (χ3v) is 3.00. The molecule has 0 spiro atoms. The molecule has 0 saturated carbocycles. The highest BCUT2D eigenvalue weighted by Crippen LogP contribution is 2.41. The molecule has 1 unspecified atom stereocenters. The molecule has 1 atom stereocenters. The van der Waals surface area contributed by atoms with E-state index in [0.717, 1.165) is 0 Å². The highest BCUT2D eigenvalue weighted by molar-refractivity contribution is 7.58. The maximum atomic E-state index is 11.4. The summed E-state index contributed by atoms with van der Waals surface area (Å²) in [5, 5.41) is 0. The van der Waals surface area contributed by atoms with E-state index in [-0.39, 0.29) is 12.6 Å². The third-order valence-electron chi connectivity index (χ3n) is 1.20. The van der Waals surface area contributed by atoms with Gasteiger partial charge in [-0.15, -0.1) is 0 Å². The Labute approximate surface area is 72.7 Å². The fourth-order valence-corrected chi connectivity index (χ4v) is 1.79. The Morgan fingerprint density at radius 3 is 2.50 bits per heavy atom.